The molecular weight excluding hydrogens is 432 g/mol. The topological polar surface area (TPSA) is 58.6 Å². The lowest BCUT2D eigenvalue weighted by molar-refractivity contribution is 0.0123. The standard InChI is InChI=1S/C19H22BrClN4O2/c1-19(2,3)27-18(26)25-12-4-5-13(25)10-24(9-12)15-7-16(21)23-14-6-11(20)8-22-17(14)15/h6-8,12-13H,4-5,9-10H2,1-3H3/t12-,13+. The fourth-order valence-electron chi connectivity index (χ4n) is 3.99. The van der Waals surface area contributed by atoms with Crippen molar-refractivity contribution in [2.45, 2.75) is 51.3 Å². The van der Waals surface area contributed by atoms with Gasteiger partial charge in [-0.15, -0.1) is 0 Å². The summed E-state index contributed by atoms with van der Waals surface area (Å²) in [5, 5.41) is 0.444. The van der Waals surface area contributed by atoms with Gasteiger partial charge >= 0.3 is 6.09 Å². The van der Waals surface area contributed by atoms with Crippen molar-refractivity contribution in [3.05, 3.63) is 28.0 Å². The summed E-state index contributed by atoms with van der Waals surface area (Å²) < 4.78 is 6.49. The molecule has 0 aromatic carbocycles. The number of anilines is 1. The van der Waals surface area contributed by atoms with Crippen LogP contribution in [0.4, 0.5) is 10.5 Å². The second-order valence-electron chi connectivity index (χ2n) is 8.16. The van der Waals surface area contributed by atoms with Crippen LogP contribution in [0.3, 0.4) is 0 Å². The zero-order valence-corrected chi connectivity index (χ0v) is 17.9. The number of aromatic nitrogens is 2. The third kappa shape index (κ3) is 3.72. The van der Waals surface area contributed by atoms with Crippen LogP contribution in [0.1, 0.15) is 33.6 Å². The second-order valence-corrected chi connectivity index (χ2v) is 9.47. The first kappa shape index (κ1) is 18.7. The maximum absolute atomic E-state index is 12.7. The number of ether oxygens (including phenoxy) is 1. The number of pyridine rings is 2. The van der Waals surface area contributed by atoms with E-state index in [0.717, 1.165) is 47.1 Å². The summed E-state index contributed by atoms with van der Waals surface area (Å²) in [4.78, 5) is 25.8. The molecule has 0 aliphatic carbocycles. The highest BCUT2D eigenvalue weighted by atomic mass is 79.9. The Hall–Kier alpha value is -1.60. The molecule has 2 fully saturated rings. The minimum absolute atomic E-state index is 0.135. The Morgan fingerprint density at radius 2 is 1.93 bits per heavy atom. The van der Waals surface area contributed by atoms with Crippen molar-refractivity contribution in [1.82, 2.24) is 14.9 Å². The van der Waals surface area contributed by atoms with E-state index in [4.69, 9.17) is 16.3 Å². The first-order valence-corrected chi connectivity index (χ1v) is 10.3. The number of piperazine rings is 1. The average molecular weight is 454 g/mol. The van der Waals surface area contributed by atoms with Gasteiger partial charge in [0.05, 0.1) is 23.3 Å². The number of carbonyl (C=O) groups is 1. The summed E-state index contributed by atoms with van der Waals surface area (Å²) in [6, 6.07) is 4.06. The van der Waals surface area contributed by atoms with E-state index in [1.54, 1.807) is 6.20 Å². The smallest absolute Gasteiger partial charge is 0.410 e. The van der Waals surface area contributed by atoms with E-state index in [1.165, 1.54) is 0 Å². The minimum atomic E-state index is -0.486. The van der Waals surface area contributed by atoms with Gasteiger partial charge in [0.1, 0.15) is 16.3 Å². The van der Waals surface area contributed by atoms with E-state index in [0.29, 0.717) is 5.15 Å². The molecule has 0 spiro atoms. The molecule has 0 radical (unpaired) electrons. The maximum atomic E-state index is 12.7. The van der Waals surface area contributed by atoms with E-state index >= 15 is 0 Å². The Morgan fingerprint density at radius 1 is 1.26 bits per heavy atom. The molecule has 2 aromatic heterocycles. The molecule has 2 bridgehead atoms. The van der Waals surface area contributed by atoms with Gasteiger partial charge in [-0.05, 0) is 55.6 Å². The summed E-state index contributed by atoms with van der Waals surface area (Å²) in [5.74, 6) is 0. The first-order valence-electron chi connectivity index (χ1n) is 9.09. The molecule has 2 saturated heterocycles. The zero-order valence-electron chi connectivity index (χ0n) is 15.6. The lowest BCUT2D eigenvalue weighted by atomic mass is 10.1. The molecule has 8 heteroatoms. The van der Waals surface area contributed by atoms with Gasteiger partial charge < -0.3 is 9.64 Å². The first-order chi connectivity index (χ1) is 12.7. The predicted octanol–water partition coefficient (Wildman–Crippen LogP) is 4.63. The number of hydrogen-bond acceptors (Lipinski definition) is 5. The van der Waals surface area contributed by atoms with Gasteiger partial charge in [-0.2, -0.15) is 0 Å². The number of carbonyl (C=O) groups excluding carboxylic acids is 1. The SMILES string of the molecule is CC(C)(C)OC(=O)N1[C@@H]2CC[C@H]1CN(c1cc(Cl)nc3cc(Br)cnc13)C2. The van der Waals surface area contributed by atoms with Crippen LogP contribution >= 0.6 is 27.5 Å². The molecular formula is C19H22BrClN4O2. The highest BCUT2D eigenvalue weighted by Gasteiger charge is 2.44. The molecule has 2 atom stereocenters. The summed E-state index contributed by atoms with van der Waals surface area (Å²) in [6.45, 7) is 7.18. The van der Waals surface area contributed by atoms with Crippen LogP contribution in [0.25, 0.3) is 11.0 Å². The van der Waals surface area contributed by atoms with Gasteiger partial charge in [0.2, 0.25) is 0 Å². The van der Waals surface area contributed by atoms with Gasteiger partial charge in [-0.1, -0.05) is 11.6 Å². The monoisotopic (exact) mass is 452 g/mol. The van der Waals surface area contributed by atoms with Crippen molar-refractivity contribution in [2.24, 2.45) is 0 Å². The van der Waals surface area contributed by atoms with Crippen LogP contribution in [-0.4, -0.2) is 51.7 Å². The van der Waals surface area contributed by atoms with E-state index in [2.05, 4.69) is 30.8 Å². The third-order valence-electron chi connectivity index (χ3n) is 4.99. The molecule has 6 nitrogen and oxygen atoms in total. The van der Waals surface area contributed by atoms with E-state index in [1.807, 2.05) is 37.8 Å². The molecule has 0 unspecified atom stereocenters. The number of amides is 1. The van der Waals surface area contributed by atoms with Gasteiger partial charge in [-0.3, -0.25) is 9.88 Å². The van der Waals surface area contributed by atoms with Gasteiger partial charge in [0.25, 0.3) is 0 Å². The Kier molecular flexibility index (Phi) is 4.71. The van der Waals surface area contributed by atoms with E-state index in [9.17, 15) is 4.79 Å². The average Bonchev–Trinajstić information content (AvgIpc) is 2.82. The molecule has 2 aromatic rings. The fraction of sp³-hybridized carbons (Fsp3) is 0.526. The highest BCUT2D eigenvalue weighted by molar-refractivity contribution is 9.10. The Morgan fingerprint density at radius 3 is 2.56 bits per heavy atom. The van der Waals surface area contributed by atoms with Crippen molar-refractivity contribution in [3.63, 3.8) is 0 Å². The van der Waals surface area contributed by atoms with Crippen molar-refractivity contribution in [3.8, 4) is 0 Å². The molecule has 27 heavy (non-hydrogen) atoms. The molecule has 4 rings (SSSR count). The van der Waals surface area contributed by atoms with Gasteiger partial charge in [-0.25, -0.2) is 9.78 Å². The van der Waals surface area contributed by atoms with Crippen molar-refractivity contribution in [2.75, 3.05) is 18.0 Å². The van der Waals surface area contributed by atoms with Crippen LogP contribution in [0.5, 0.6) is 0 Å². The van der Waals surface area contributed by atoms with Gasteiger partial charge in [0, 0.05) is 29.8 Å². The summed E-state index contributed by atoms with van der Waals surface area (Å²) in [7, 11) is 0. The number of fused-ring (bicyclic) bond motifs is 3. The molecule has 1 amide bonds. The summed E-state index contributed by atoms with van der Waals surface area (Å²) >= 11 is 9.71. The van der Waals surface area contributed by atoms with E-state index < -0.39 is 5.60 Å². The van der Waals surface area contributed by atoms with Crippen LogP contribution in [0.2, 0.25) is 5.15 Å². The molecule has 2 aliphatic heterocycles. The Labute approximate surface area is 172 Å². The van der Waals surface area contributed by atoms with Crippen LogP contribution in [-0.2, 0) is 4.74 Å². The zero-order chi connectivity index (χ0) is 19.3. The number of hydrogen-bond donors (Lipinski definition) is 0. The normalized spacial score (nSPS) is 22.4. The lowest BCUT2D eigenvalue weighted by Gasteiger charge is -2.42. The third-order valence-corrected chi connectivity index (χ3v) is 5.61. The molecule has 2 aliphatic rings. The van der Waals surface area contributed by atoms with Crippen molar-refractivity contribution in [1.29, 1.82) is 0 Å². The summed E-state index contributed by atoms with van der Waals surface area (Å²) in [6.07, 6.45) is 3.52. The largest absolute Gasteiger partial charge is 0.444 e. The fourth-order valence-corrected chi connectivity index (χ4v) is 4.51. The minimum Gasteiger partial charge on any atom is -0.444 e. The number of nitrogens with zero attached hydrogens (tertiary/aromatic N) is 4. The predicted molar refractivity (Wildman–Crippen MR) is 109 cm³/mol. The molecule has 0 saturated carbocycles. The highest BCUT2D eigenvalue weighted by Crippen LogP contribution is 2.36. The Balaban J connectivity index is 1.62. The van der Waals surface area contributed by atoms with Crippen LogP contribution in [0.15, 0.2) is 22.8 Å². The Bertz CT molecular complexity index is 882. The quantitative estimate of drug-likeness (QED) is 0.589. The lowest BCUT2D eigenvalue weighted by Crippen LogP contribution is -2.56. The second kappa shape index (κ2) is 6.78. The molecule has 4 heterocycles. The van der Waals surface area contributed by atoms with Crippen LogP contribution in [0, 0.1) is 0 Å². The van der Waals surface area contributed by atoms with E-state index in [-0.39, 0.29) is 18.2 Å². The molecule has 0 N–H and O–H groups in total. The number of rotatable bonds is 1. The van der Waals surface area contributed by atoms with Crippen LogP contribution < -0.4 is 4.90 Å². The maximum Gasteiger partial charge on any atom is 0.410 e. The van der Waals surface area contributed by atoms with Crippen molar-refractivity contribution >= 4 is 50.3 Å². The van der Waals surface area contributed by atoms with Gasteiger partial charge in [0.15, 0.2) is 0 Å². The van der Waals surface area contributed by atoms with Crippen molar-refractivity contribution < 1.29 is 9.53 Å². The summed E-state index contributed by atoms with van der Waals surface area (Å²) in [5.41, 5.74) is 2.07. The number of halogens is 2. The molecule has 144 valence electrons.